The summed E-state index contributed by atoms with van der Waals surface area (Å²) in [4.78, 5) is 16.0. The van der Waals surface area contributed by atoms with Gasteiger partial charge in [0, 0.05) is 53.3 Å². The predicted molar refractivity (Wildman–Crippen MR) is 279 cm³/mol. The Bertz CT molecular complexity index is 4120. The van der Waals surface area contributed by atoms with Crippen LogP contribution in [0.25, 0.3) is 136 Å². The molecule has 0 aliphatic carbocycles. The van der Waals surface area contributed by atoms with Gasteiger partial charge < -0.3 is 4.57 Å². The number of benzene rings is 11. The van der Waals surface area contributed by atoms with Gasteiger partial charge in [-0.15, -0.1) is 11.3 Å². The number of hydrogen-bond acceptors (Lipinski definition) is 4. The Morgan fingerprint density at radius 2 is 0.758 bits per heavy atom. The van der Waals surface area contributed by atoms with E-state index in [1.54, 1.807) is 0 Å². The average molecular weight is 857 g/mol. The first kappa shape index (κ1) is 36.9. The van der Waals surface area contributed by atoms with Crippen molar-refractivity contribution in [2.75, 3.05) is 0 Å². The second kappa shape index (κ2) is 14.5. The van der Waals surface area contributed by atoms with Crippen molar-refractivity contribution in [3.63, 3.8) is 0 Å². The summed E-state index contributed by atoms with van der Waals surface area (Å²) in [6, 6.07) is 79.0. The molecule has 306 valence electrons. The molecular weight excluding hydrogens is 821 g/mol. The maximum atomic E-state index is 5.39. The first-order valence-electron chi connectivity index (χ1n) is 22.3. The van der Waals surface area contributed by atoms with Gasteiger partial charge in [0.1, 0.15) is 0 Å². The third kappa shape index (κ3) is 5.94. The van der Waals surface area contributed by atoms with Gasteiger partial charge in [-0.2, -0.15) is 0 Å². The first-order valence-corrected chi connectivity index (χ1v) is 23.1. The van der Waals surface area contributed by atoms with Gasteiger partial charge in [-0.05, 0) is 121 Å². The molecule has 0 amide bonds. The molecule has 0 radical (unpaired) electrons. The van der Waals surface area contributed by atoms with Gasteiger partial charge in [-0.25, -0.2) is 15.0 Å². The first-order chi connectivity index (χ1) is 32.6. The fourth-order valence-electron chi connectivity index (χ4n) is 10.1. The molecule has 0 saturated heterocycles. The second-order valence-electron chi connectivity index (χ2n) is 17.2. The molecule has 0 atom stereocenters. The van der Waals surface area contributed by atoms with Crippen LogP contribution < -0.4 is 0 Å². The van der Waals surface area contributed by atoms with Crippen LogP contribution in [-0.4, -0.2) is 19.5 Å². The van der Waals surface area contributed by atoms with E-state index in [1.807, 2.05) is 11.3 Å². The van der Waals surface area contributed by atoms with Crippen LogP contribution in [0.5, 0.6) is 0 Å². The topological polar surface area (TPSA) is 43.6 Å². The van der Waals surface area contributed by atoms with Crippen molar-refractivity contribution in [2.45, 2.75) is 0 Å². The molecular formula is C61H36N4S. The van der Waals surface area contributed by atoms with Crippen LogP contribution in [0.1, 0.15) is 0 Å². The maximum Gasteiger partial charge on any atom is 0.164 e. The van der Waals surface area contributed by atoms with E-state index < -0.39 is 0 Å². The largest absolute Gasteiger partial charge is 0.309 e. The van der Waals surface area contributed by atoms with Crippen molar-refractivity contribution in [3.8, 4) is 51.0 Å². The molecule has 11 aromatic carbocycles. The van der Waals surface area contributed by atoms with Gasteiger partial charge >= 0.3 is 0 Å². The molecule has 5 heteroatoms. The van der Waals surface area contributed by atoms with Crippen LogP contribution in [0.4, 0.5) is 0 Å². The molecule has 0 spiro atoms. The summed E-state index contributed by atoms with van der Waals surface area (Å²) < 4.78 is 4.97. The van der Waals surface area contributed by atoms with Crippen LogP contribution in [0.3, 0.4) is 0 Å². The molecule has 0 fully saturated rings. The summed E-state index contributed by atoms with van der Waals surface area (Å²) in [6.45, 7) is 0. The minimum atomic E-state index is 0.619. The van der Waals surface area contributed by atoms with Gasteiger partial charge in [0.2, 0.25) is 0 Å². The Kier molecular flexibility index (Phi) is 8.12. The smallest absolute Gasteiger partial charge is 0.164 e. The highest BCUT2D eigenvalue weighted by atomic mass is 32.1. The van der Waals surface area contributed by atoms with Crippen LogP contribution >= 0.6 is 11.3 Å². The predicted octanol–water partition coefficient (Wildman–Crippen LogP) is 16.6. The standard InChI is InChI=1S/C61H36N4S/c1-3-13-39-29-46(23-21-37(39)11-1)59-62-60(47-24-22-38-12-2-4-14-40(38)30-47)64-61(63-59)51-28-26-48(36-52(51)45-25-27-50-49-19-9-10-20-57(49)66-58(50)35-45)65-55-33-43-17-7-5-15-41(43)31-53(55)54-32-42-16-6-8-18-44(42)34-56(54)65/h1-36H. The Labute approximate surface area is 383 Å². The van der Waals surface area contributed by atoms with Crippen LogP contribution in [0.15, 0.2) is 218 Å². The van der Waals surface area contributed by atoms with E-state index in [-0.39, 0.29) is 0 Å². The van der Waals surface area contributed by atoms with Gasteiger partial charge in [-0.3, -0.25) is 0 Å². The van der Waals surface area contributed by atoms with Gasteiger partial charge in [0.05, 0.1) is 11.0 Å². The summed E-state index contributed by atoms with van der Waals surface area (Å²) in [5.74, 6) is 1.88. The molecule has 3 heterocycles. The van der Waals surface area contributed by atoms with Crippen LogP contribution in [-0.2, 0) is 0 Å². The van der Waals surface area contributed by atoms with Crippen molar-refractivity contribution in [1.29, 1.82) is 0 Å². The zero-order valence-corrected chi connectivity index (χ0v) is 36.3. The van der Waals surface area contributed by atoms with Gasteiger partial charge in [-0.1, -0.05) is 152 Å². The molecule has 66 heavy (non-hydrogen) atoms. The molecule has 0 saturated carbocycles. The molecule has 3 aromatic heterocycles. The number of nitrogens with zero attached hydrogens (tertiary/aromatic N) is 4. The van der Waals surface area contributed by atoms with Gasteiger partial charge in [0.25, 0.3) is 0 Å². The second-order valence-corrected chi connectivity index (χ2v) is 18.3. The lowest BCUT2D eigenvalue weighted by Gasteiger charge is -2.16. The van der Waals surface area contributed by atoms with E-state index in [0.29, 0.717) is 17.5 Å². The molecule has 0 N–H and O–H groups in total. The zero-order chi connectivity index (χ0) is 43.3. The highest BCUT2D eigenvalue weighted by Gasteiger charge is 2.21. The molecule has 0 bridgehead atoms. The molecule has 0 unspecified atom stereocenters. The van der Waals surface area contributed by atoms with Crippen molar-refractivity contribution in [2.24, 2.45) is 0 Å². The molecule has 4 nitrogen and oxygen atoms in total. The minimum Gasteiger partial charge on any atom is -0.309 e. The average Bonchev–Trinajstić information content (AvgIpc) is 3.90. The summed E-state index contributed by atoms with van der Waals surface area (Å²) in [5, 5.41) is 14.5. The SMILES string of the molecule is c1ccc2cc(-c3nc(-c4ccc5ccccc5c4)nc(-c4ccc(-n5c6cc7ccccc7cc6c6cc7ccccc7cc65)cc4-c4ccc5c(c4)sc4ccccc45)n3)ccc2c1. The lowest BCUT2D eigenvalue weighted by Crippen LogP contribution is -2.02. The Hall–Kier alpha value is -8.51. The van der Waals surface area contributed by atoms with E-state index in [4.69, 9.17) is 15.0 Å². The number of aromatic nitrogens is 4. The Balaban J connectivity index is 1.05. The molecule has 0 aliphatic heterocycles. The normalized spacial score (nSPS) is 11.9. The van der Waals surface area contributed by atoms with Crippen molar-refractivity contribution < 1.29 is 0 Å². The Morgan fingerprint density at radius 3 is 1.35 bits per heavy atom. The van der Waals surface area contributed by atoms with Crippen molar-refractivity contribution >= 4 is 96.4 Å². The lowest BCUT2D eigenvalue weighted by molar-refractivity contribution is 1.07. The fourth-order valence-corrected chi connectivity index (χ4v) is 11.2. The highest BCUT2D eigenvalue weighted by molar-refractivity contribution is 7.25. The fraction of sp³-hybridized carbons (Fsp3) is 0. The summed E-state index contributed by atoms with van der Waals surface area (Å²) in [7, 11) is 0. The number of fused-ring (bicyclic) bond motifs is 10. The van der Waals surface area contributed by atoms with E-state index in [1.165, 1.54) is 63.3 Å². The number of hydrogen-bond donors (Lipinski definition) is 0. The number of rotatable bonds is 5. The van der Waals surface area contributed by atoms with Crippen molar-refractivity contribution in [1.82, 2.24) is 19.5 Å². The molecule has 14 aromatic rings. The van der Waals surface area contributed by atoms with E-state index in [2.05, 4.69) is 223 Å². The highest BCUT2D eigenvalue weighted by Crippen LogP contribution is 2.42. The quantitative estimate of drug-likeness (QED) is 0.173. The summed E-state index contributed by atoms with van der Waals surface area (Å²) in [5.41, 5.74) is 8.34. The maximum absolute atomic E-state index is 5.39. The third-order valence-electron chi connectivity index (χ3n) is 13.3. The minimum absolute atomic E-state index is 0.619. The van der Waals surface area contributed by atoms with E-state index in [9.17, 15) is 0 Å². The zero-order valence-electron chi connectivity index (χ0n) is 35.5. The molecule has 0 aliphatic rings. The summed E-state index contributed by atoms with van der Waals surface area (Å²) in [6.07, 6.45) is 0. The third-order valence-corrected chi connectivity index (χ3v) is 14.5. The monoisotopic (exact) mass is 856 g/mol. The van der Waals surface area contributed by atoms with E-state index >= 15 is 0 Å². The lowest BCUT2D eigenvalue weighted by atomic mass is 9.97. The summed E-state index contributed by atoms with van der Waals surface area (Å²) >= 11 is 1.83. The molecule has 14 rings (SSSR count). The Morgan fingerprint density at radius 1 is 0.288 bits per heavy atom. The number of thiophene rings is 1. The van der Waals surface area contributed by atoms with Crippen molar-refractivity contribution in [3.05, 3.63) is 218 Å². The van der Waals surface area contributed by atoms with E-state index in [0.717, 1.165) is 55.3 Å². The van der Waals surface area contributed by atoms with Crippen LogP contribution in [0.2, 0.25) is 0 Å². The van der Waals surface area contributed by atoms with Gasteiger partial charge in [0.15, 0.2) is 17.5 Å². The van der Waals surface area contributed by atoms with Crippen LogP contribution in [0, 0.1) is 0 Å².